The van der Waals surface area contributed by atoms with Gasteiger partial charge >= 0.3 is 5.97 Å². The Morgan fingerprint density at radius 1 is 1.69 bits per heavy atom. The molecular weight excluding hydrogens is 238 g/mol. The minimum Gasteiger partial charge on any atom is -0.479 e. The number of nitrogens with zero attached hydrogens (tertiary/aromatic N) is 2. The van der Waals surface area contributed by atoms with Crippen molar-refractivity contribution in [2.45, 2.75) is 11.1 Å². The largest absolute Gasteiger partial charge is 0.479 e. The Bertz CT molecular complexity index is 480. The summed E-state index contributed by atoms with van der Waals surface area (Å²) in [5.41, 5.74) is 0. The SMILES string of the molecule is Cn1cnc(S(=O)(=O)NCC(O)C(=O)O)c1. The molecule has 0 aliphatic carbocycles. The fourth-order valence-corrected chi connectivity index (χ4v) is 1.89. The molecule has 1 rings (SSSR count). The quantitative estimate of drug-likeness (QED) is 0.563. The molecule has 0 aliphatic heterocycles. The first kappa shape index (κ1) is 12.6. The highest BCUT2D eigenvalue weighted by molar-refractivity contribution is 7.89. The molecule has 0 spiro atoms. The maximum absolute atomic E-state index is 11.5. The van der Waals surface area contributed by atoms with E-state index in [4.69, 9.17) is 10.2 Å². The lowest BCUT2D eigenvalue weighted by molar-refractivity contribution is -0.146. The Morgan fingerprint density at radius 3 is 2.75 bits per heavy atom. The molecule has 1 aromatic heterocycles. The molecule has 0 aliphatic rings. The van der Waals surface area contributed by atoms with E-state index < -0.39 is 28.6 Å². The molecule has 0 aromatic carbocycles. The number of sulfonamides is 1. The van der Waals surface area contributed by atoms with E-state index in [9.17, 15) is 13.2 Å². The van der Waals surface area contributed by atoms with E-state index in [1.807, 2.05) is 4.72 Å². The van der Waals surface area contributed by atoms with Gasteiger partial charge in [0.2, 0.25) is 0 Å². The van der Waals surface area contributed by atoms with Crippen molar-refractivity contribution in [3.8, 4) is 0 Å². The molecular formula is C7H11N3O5S. The van der Waals surface area contributed by atoms with Crippen LogP contribution in [0.5, 0.6) is 0 Å². The molecule has 0 radical (unpaired) electrons. The van der Waals surface area contributed by atoms with Crippen LogP contribution in [-0.4, -0.2) is 46.8 Å². The molecule has 1 heterocycles. The number of carbonyl (C=O) groups is 1. The predicted octanol–water partition coefficient (Wildman–Crippen LogP) is -1.86. The lowest BCUT2D eigenvalue weighted by atomic mass is 10.4. The summed E-state index contributed by atoms with van der Waals surface area (Å²) in [7, 11) is -2.28. The van der Waals surface area contributed by atoms with Crippen molar-refractivity contribution in [1.29, 1.82) is 0 Å². The van der Waals surface area contributed by atoms with Gasteiger partial charge in [0.25, 0.3) is 10.0 Å². The molecule has 1 aromatic rings. The molecule has 0 saturated heterocycles. The van der Waals surface area contributed by atoms with E-state index in [2.05, 4.69) is 4.98 Å². The molecule has 90 valence electrons. The molecule has 0 fully saturated rings. The number of aliphatic hydroxyl groups is 1. The van der Waals surface area contributed by atoms with Gasteiger partial charge in [-0.3, -0.25) is 0 Å². The lowest BCUT2D eigenvalue weighted by Crippen LogP contribution is -2.36. The van der Waals surface area contributed by atoms with Crippen LogP contribution in [-0.2, 0) is 21.9 Å². The van der Waals surface area contributed by atoms with Crippen molar-refractivity contribution in [2.24, 2.45) is 7.05 Å². The van der Waals surface area contributed by atoms with Gasteiger partial charge in [0, 0.05) is 19.8 Å². The van der Waals surface area contributed by atoms with E-state index >= 15 is 0 Å². The Kier molecular flexibility index (Phi) is 3.62. The zero-order chi connectivity index (χ0) is 12.3. The number of aliphatic hydroxyl groups excluding tert-OH is 1. The summed E-state index contributed by atoms with van der Waals surface area (Å²) in [5.74, 6) is -1.50. The zero-order valence-electron chi connectivity index (χ0n) is 8.36. The molecule has 9 heteroatoms. The summed E-state index contributed by atoms with van der Waals surface area (Å²) in [4.78, 5) is 13.8. The standard InChI is InChI=1S/C7H11N3O5S/c1-10-3-6(8-4-10)16(14,15)9-2-5(11)7(12)13/h3-5,9,11H,2H2,1H3,(H,12,13). The van der Waals surface area contributed by atoms with Crippen molar-refractivity contribution in [3.63, 3.8) is 0 Å². The van der Waals surface area contributed by atoms with Crippen LogP contribution in [0.4, 0.5) is 0 Å². The van der Waals surface area contributed by atoms with Crippen LogP contribution in [0.2, 0.25) is 0 Å². The van der Waals surface area contributed by atoms with E-state index in [0.29, 0.717) is 0 Å². The third-order valence-corrected chi connectivity index (χ3v) is 3.02. The zero-order valence-corrected chi connectivity index (χ0v) is 9.18. The number of carboxylic acid groups (broad SMARTS) is 1. The van der Waals surface area contributed by atoms with E-state index in [-0.39, 0.29) is 5.03 Å². The first-order chi connectivity index (χ1) is 7.33. The third-order valence-electron chi connectivity index (χ3n) is 1.71. The number of hydrogen-bond donors (Lipinski definition) is 3. The minimum absolute atomic E-state index is 0.229. The van der Waals surface area contributed by atoms with Crippen molar-refractivity contribution in [2.75, 3.05) is 6.54 Å². The summed E-state index contributed by atoms with van der Waals surface area (Å²) >= 11 is 0. The highest BCUT2D eigenvalue weighted by atomic mass is 32.2. The maximum atomic E-state index is 11.5. The fraction of sp³-hybridized carbons (Fsp3) is 0.429. The van der Waals surface area contributed by atoms with Gasteiger partial charge < -0.3 is 14.8 Å². The van der Waals surface area contributed by atoms with Crippen LogP contribution in [0.3, 0.4) is 0 Å². The van der Waals surface area contributed by atoms with Crippen LogP contribution in [0.15, 0.2) is 17.6 Å². The number of nitrogens with one attached hydrogen (secondary N) is 1. The van der Waals surface area contributed by atoms with Gasteiger partial charge in [-0.15, -0.1) is 0 Å². The number of rotatable bonds is 5. The number of aromatic nitrogens is 2. The van der Waals surface area contributed by atoms with Gasteiger partial charge in [-0.25, -0.2) is 22.9 Å². The van der Waals surface area contributed by atoms with E-state index in [1.54, 1.807) is 7.05 Å². The molecule has 0 saturated carbocycles. The number of imidazole rings is 1. The van der Waals surface area contributed by atoms with Crippen LogP contribution in [0, 0.1) is 0 Å². The third kappa shape index (κ3) is 3.02. The minimum atomic E-state index is -3.87. The van der Waals surface area contributed by atoms with Gasteiger partial charge in [-0.05, 0) is 0 Å². The topological polar surface area (TPSA) is 122 Å². The Morgan fingerprint density at radius 2 is 2.31 bits per heavy atom. The van der Waals surface area contributed by atoms with Crippen LogP contribution < -0.4 is 4.72 Å². The molecule has 0 bridgehead atoms. The van der Waals surface area contributed by atoms with Gasteiger partial charge in [0.1, 0.15) is 0 Å². The van der Waals surface area contributed by atoms with Gasteiger partial charge in [-0.1, -0.05) is 0 Å². The summed E-state index contributed by atoms with van der Waals surface area (Å²) in [6.45, 7) is -0.603. The van der Waals surface area contributed by atoms with Crippen LogP contribution >= 0.6 is 0 Å². The fourth-order valence-electron chi connectivity index (χ4n) is 0.878. The van der Waals surface area contributed by atoms with Crippen LogP contribution in [0.25, 0.3) is 0 Å². The van der Waals surface area contributed by atoms with Crippen molar-refractivity contribution in [1.82, 2.24) is 14.3 Å². The maximum Gasteiger partial charge on any atom is 0.333 e. The Balaban J connectivity index is 2.70. The second-order valence-electron chi connectivity index (χ2n) is 3.08. The first-order valence-electron chi connectivity index (χ1n) is 4.21. The predicted molar refractivity (Wildman–Crippen MR) is 52.0 cm³/mol. The summed E-state index contributed by atoms with van der Waals surface area (Å²) < 4.78 is 26.3. The summed E-state index contributed by atoms with van der Waals surface area (Å²) in [5, 5.41) is 17.0. The summed E-state index contributed by atoms with van der Waals surface area (Å²) in [6.07, 6.45) is 0.774. The Hall–Kier alpha value is -1.45. The van der Waals surface area contributed by atoms with Gasteiger partial charge in [-0.2, -0.15) is 0 Å². The number of carboxylic acids is 1. The molecule has 3 N–H and O–H groups in total. The molecule has 16 heavy (non-hydrogen) atoms. The molecule has 1 atom stereocenters. The average Bonchev–Trinajstić information content (AvgIpc) is 2.61. The highest BCUT2D eigenvalue weighted by Gasteiger charge is 2.20. The number of hydrogen-bond acceptors (Lipinski definition) is 5. The van der Waals surface area contributed by atoms with Crippen molar-refractivity contribution >= 4 is 16.0 Å². The van der Waals surface area contributed by atoms with Gasteiger partial charge in [0.05, 0.1) is 6.33 Å². The molecule has 0 amide bonds. The number of aliphatic carboxylic acids is 1. The molecule has 1 unspecified atom stereocenters. The highest BCUT2D eigenvalue weighted by Crippen LogP contribution is 2.03. The normalized spacial score (nSPS) is 13.6. The second-order valence-corrected chi connectivity index (χ2v) is 4.80. The Labute approximate surface area is 91.6 Å². The van der Waals surface area contributed by atoms with Crippen molar-refractivity contribution in [3.05, 3.63) is 12.5 Å². The smallest absolute Gasteiger partial charge is 0.333 e. The summed E-state index contributed by atoms with van der Waals surface area (Å²) in [6, 6.07) is 0. The van der Waals surface area contributed by atoms with E-state index in [1.165, 1.54) is 17.1 Å². The molecule has 8 nitrogen and oxygen atoms in total. The monoisotopic (exact) mass is 249 g/mol. The average molecular weight is 249 g/mol. The van der Waals surface area contributed by atoms with Crippen LogP contribution in [0.1, 0.15) is 0 Å². The number of aryl methyl sites for hydroxylation is 1. The second kappa shape index (κ2) is 4.60. The van der Waals surface area contributed by atoms with E-state index in [0.717, 1.165) is 0 Å². The van der Waals surface area contributed by atoms with Gasteiger partial charge in [0.15, 0.2) is 11.1 Å². The first-order valence-corrected chi connectivity index (χ1v) is 5.70. The van der Waals surface area contributed by atoms with Crippen molar-refractivity contribution < 1.29 is 23.4 Å². The lowest BCUT2D eigenvalue weighted by Gasteiger charge is -2.06.